The molecule has 0 unspecified atom stereocenters. The van der Waals surface area contributed by atoms with Gasteiger partial charge in [0.1, 0.15) is 0 Å². The Morgan fingerprint density at radius 2 is 0.318 bits per heavy atom. The van der Waals surface area contributed by atoms with Gasteiger partial charge in [-0.1, -0.05) is 268 Å². The fourth-order valence-electron chi connectivity index (χ4n) is 13.8. The average molecular weight is 1290 g/mol. The summed E-state index contributed by atoms with van der Waals surface area (Å²) < 4.78 is 61.8. The quantitative estimate of drug-likeness (QED) is 0.0772. The van der Waals surface area contributed by atoms with Gasteiger partial charge < -0.3 is 33.6 Å². The second-order valence-corrected chi connectivity index (χ2v) is 45.0. The Hall–Kier alpha value is -3.14. The van der Waals surface area contributed by atoms with E-state index in [0.29, 0.717) is 5.19 Å². The molecule has 0 aromatic heterocycles. The monoisotopic (exact) mass is 1280 g/mol. The lowest BCUT2D eigenvalue weighted by molar-refractivity contribution is 0.0108. The molecule has 4 fully saturated rings. The third-order valence-corrected chi connectivity index (χ3v) is 40.2. The summed E-state index contributed by atoms with van der Waals surface area (Å²) in [7, 11) is -24.5. The molecule has 4 heterocycles. The molecule has 4 aliphatic rings. The maximum absolute atomic E-state index is 15.7. The lowest BCUT2D eigenvalue weighted by Gasteiger charge is -2.62. The highest BCUT2D eigenvalue weighted by Gasteiger charge is 2.84. The first-order chi connectivity index (χ1) is 40.7. The average Bonchev–Trinajstić information content (AvgIpc) is 0.686. The molecule has 8 nitrogen and oxygen atoms in total. The van der Waals surface area contributed by atoms with E-state index in [1.165, 1.54) is 27.8 Å². The molecule has 1 N–H and O–H groups in total. The highest BCUT2D eigenvalue weighted by atomic mass is 28.6. The Bertz CT molecular complexity index is 3020. The molecule has 484 valence electrons. The van der Waals surface area contributed by atoms with Crippen LogP contribution in [0.3, 0.4) is 0 Å². The van der Waals surface area contributed by atoms with Crippen LogP contribution in [0.15, 0.2) is 60.7 Å². The summed E-state index contributed by atoms with van der Waals surface area (Å²) in [6.07, 6.45) is 0. The number of hydrogen-bond donors (Lipinski definition) is 1. The summed E-state index contributed by atoms with van der Waals surface area (Å²) in [6.45, 7) is 68.4. The van der Waals surface area contributed by atoms with E-state index in [2.05, 4.69) is 268 Å². The second-order valence-electron chi connectivity index (χ2n) is 31.2. The molecule has 0 aliphatic carbocycles. The van der Waals surface area contributed by atoms with Crippen LogP contribution < -0.4 is 25.9 Å². The van der Waals surface area contributed by atoms with Crippen molar-refractivity contribution in [3.8, 4) is 0 Å². The molecular formula is C75H116O8Si5. The zero-order chi connectivity index (χ0) is 65.7. The van der Waals surface area contributed by atoms with Gasteiger partial charge in [-0.15, -0.1) is 0 Å². The summed E-state index contributed by atoms with van der Waals surface area (Å²) in [5, 5.41) is 4.34. The third kappa shape index (κ3) is 12.7. The topological polar surface area (TPSA) is 84.8 Å². The molecule has 5 aromatic rings. The molecule has 9 rings (SSSR count). The highest BCUT2D eigenvalue weighted by Crippen LogP contribution is 2.51. The van der Waals surface area contributed by atoms with Crippen LogP contribution in [-0.4, -0.2) is 48.8 Å². The van der Waals surface area contributed by atoms with E-state index in [-0.39, 0.29) is 88.8 Å². The molecule has 4 bridgehead atoms. The van der Waals surface area contributed by atoms with E-state index in [1.807, 2.05) is 0 Å². The third-order valence-electron chi connectivity index (χ3n) is 19.1. The largest absolute Gasteiger partial charge is 0.520 e. The van der Waals surface area contributed by atoms with Crippen LogP contribution in [-0.2, 0) is 28.8 Å². The van der Waals surface area contributed by atoms with Crippen molar-refractivity contribution in [2.45, 2.75) is 296 Å². The van der Waals surface area contributed by atoms with Crippen LogP contribution in [0.4, 0.5) is 0 Å². The standard InChI is InChI=1S/C75H116O8Si5/c1-41(2)56-31-61(46(11)12)71(62(32-56)47(13)14)84(76)77-85(72-63(48(15)16)33-57(42(3)4)34-64(72)49(17)18)79-87(74-67(52(23)24)37-59(44(7)8)38-68(74)53(25)26)81-86(78-84,73-65(50(19)20)35-58(43(5)6)36-66(73)51(21)22)82-88(80-85,83-87)75-69(54(27)28)39-60(45(9)10)40-70(75)55(29)30/h31-55,76H,1-30H3. The van der Waals surface area contributed by atoms with Gasteiger partial charge >= 0.3 is 44.0 Å². The van der Waals surface area contributed by atoms with Gasteiger partial charge in [0.15, 0.2) is 0 Å². The minimum absolute atomic E-state index is 0.00356. The van der Waals surface area contributed by atoms with Crippen molar-refractivity contribution in [1.82, 2.24) is 0 Å². The summed E-state index contributed by atoms with van der Waals surface area (Å²) >= 11 is 0. The molecule has 4 aliphatic heterocycles. The molecule has 0 amide bonds. The van der Waals surface area contributed by atoms with E-state index in [9.17, 15) is 0 Å². The van der Waals surface area contributed by atoms with Crippen molar-refractivity contribution in [1.29, 1.82) is 0 Å². The Morgan fingerprint density at radius 3 is 0.443 bits per heavy atom. The lowest BCUT2D eigenvalue weighted by atomic mass is 9.89. The van der Waals surface area contributed by atoms with Gasteiger partial charge in [-0.2, -0.15) is 0 Å². The predicted octanol–water partition coefficient (Wildman–Crippen LogP) is 18.2. The van der Waals surface area contributed by atoms with E-state index < -0.39 is 44.0 Å². The van der Waals surface area contributed by atoms with Gasteiger partial charge in [0, 0.05) is 25.9 Å². The Morgan fingerprint density at radius 1 is 0.193 bits per heavy atom. The van der Waals surface area contributed by atoms with E-state index in [0.717, 1.165) is 76.4 Å². The first-order valence-corrected chi connectivity index (χ1v) is 42.9. The van der Waals surface area contributed by atoms with Crippen LogP contribution in [0.1, 0.15) is 380 Å². The number of fused-ring (bicyclic) bond motifs is 2. The van der Waals surface area contributed by atoms with Gasteiger partial charge in [0.2, 0.25) is 0 Å². The Balaban J connectivity index is 1.82. The van der Waals surface area contributed by atoms with Crippen LogP contribution in [0.2, 0.25) is 0 Å². The zero-order valence-corrected chi connectivity index (χ0v) is 65.2. The molecule has 0 spiro atoms. The van der Waals surface area contributed by atoms with Crippen molar-refractivity contribution in [2.24, 2.45) is 0 Å². The smallest absolute Gasteiger partial charge is 0.387 e. The maximum atomic E-state index is 15.7. The minimum Gasteiger partial charge on any atom is -0.387 e. The van der Waals surface area contributed by atoms with E-state index in [1.54, 1.807) is 0 Å². The maximum Gasteiger partial charge on any atom is 0.520 e. The lowest BCUT2D eigenvalue weighted by Crippen LogP contribution is -2.95. The summed E-state index contributed by atoms with van der Waals surface area (Å²) in [6, 6.07) is 23.8. The van der Waals surface area contributed by atoms with Gasteiger partial charge in [0.05, 0.1) is 0 Å². The normalized spacial score (nSPS) is 23.5. The van der Waals surface area contributed by atoms with Crippen molar-refractivity contribution < 1.29 is 33.6 Å². The highest BCUT2D eigenvalue weighted by molar-refractivity contribution is 7.12. The molecule has 0 saturated carbocycles. The molecule has 0 radical (unpaired) electrons. The zero-order valence-electron chi connectivity index (χ0n) is 60.2. The molecule has 5 aromatic carbocycles. The number of rotatable bonds is 20. The molecule has 0 atom stereocenters. The van der Waals surface area contributed by atoms with Gasteiger partial charge in [-0.05, 0) is 172 Å². The minimum atomic E-state index is -5.13. The van der Waals surface area contributed by atoms with Crippen LogP contribution in [0, 0.1) is 0 Å². The number of benzene rings is 5. The molecule has 4 saturated heterocycles. The van der Waals surface area contributed by atoms with Crippen molar-refractivity contribution >= 4 is 70.0 Å². The first-order valence-electron chi connectivity index (χ1n) is 34.3. The molecule has 13 heteroatoms. The van der Waals surface area contributed by atoms with Crippen molar-refractivity contribution in [3.63, 3.8) is 0 Å². The van der Waals surface area contributed by atoms with Gasteiger partial charge in [-0.3, -0.25) is 0 Å². The van der Waals surface area contributed by atoms with Crippen LogP contribution in [0.5, 0.6) is 0 Å². The van der Waals surface area contributed by atoms with Crippen molar-refractivity contribution in [3.05, 3.63) is 144 Å². The van der Waals surface area contributed by atoms with Gasteiger partial charge in [0.25, 0.3) is 0 Å². The molecular weight excluding hydrogens is 1170 g/mol. The SMILES string of the molecule is CC(C)c1cc(C(C)C)c([Si]2(O)O[Si]3(c4c(C(C)C)cc(C(C)C)cc4C(C)C)O[Si]4(c5c(C(C)C)cc(C(C)C)cc5C(C)C)O[Si](c5c(C(C)C)cc(C(C)C)cc5C(C)C)(O2)O[Si](c2c(C(C)C)cc(C(C)C)cc2C(C)C)(O3)O4)c(C(C)C)c1. The summed E-state index contributed by atoms with van der Waals surface area (Å²) in [5.74, 6) is 0.876. The first kappa shape index (κ1) is 70.7. The Kier molecular flexibility index (Phi) is 20.9. The van der Waals surface area contributed by atoms with Crippen LogP contribution >= 0.6 is 0 Å². The predicted molar refractivity (Wildman–Crippen MR) is 380 cm³/mol. The fraction of sp³-hybridized carbons (Fsp3) is 0.600. The van der Waals surface area contributed by atoms with Crippen LogP contribution in [0.25, 0.3) is 0 Å². The number of hydrogen-bond acceptors (Lipinski definition) is 8. The Labute approximate surface area is 540 Å². The second kappa shape index (κ2) is 26.0. The fourth-order valence-corrected chi connectivity index (χ4v) is 43.7. The summed E-state index contributed by atoms with van der Waals surface area (Å²) in [5.41, 5.74) is 16.9. The van der Waals surface area contributed by atoms with E-state index >= 15 is 4.80 Å². The van der Waals surface area contributed by atoms with Crippen molar-refractivity contribution in [2.75, 3.05) is 0 Å². The van der Waals surface area contributed by atoms with Gasteiger partial charge in [-0.25, -0.2) is 0 Å². The summed E-state index contributed by atoms with van der Waals surface area (Å²) in [4.78, 5) is 15.7. The van der Waals surface area contributed by atoms with E-state index in [4.69, 9.17) is 28.8 Å². The molecule has 88 heavy (non-hydrogen) atoms.